The van der Waals surface area contributed by atoms with E-state index < -0.39 is 13.9 Å². The fourth-order valence-corrected chi connectivity index (χ4v) is 2.56. The molecule has 0 aliphatic rings. The number of nitrogens with zero attached hydrogens (tertiary/aromatic N) is 3. The summed E-state index contributed by atoms with van der Waals surface area (Å²) in [6, 6.07) is 0.958. The molecule has 0 fully saturated rings. The molecule has 0 aliphatic heterocycles. The zero-order valence-corrected chi connectivity index (χ0v) is 13.9. The lowest BCUT2D eigenvalue weighted by Gasteiger charge is -2.16. The van der Waals surface area contributed by atoms with Gasteiger partial charge in [-0.3, -0.25) is 0 Å². The molecule has 0 aromatic carbocycles. The first-order chi connectivity index (χ1) is 9.28. The van der Waals surface area contributed by atoms with Gasteiger partial charge in [0.2, 0.25) is 11.2 Å². The van der Waals surface area contributed by atoms with E-state index in [1.165, 1.54) is 6.20 Å². The zero-order chi connectivity index (χ0) is 14.9. The molecular weight excluding hydrogens is 320 g/mol. The number of hydrogen-bond donors (Lipinski definition) is 0. The fraction of sp³-hybridized carbons (Fsp3) is 0.417. The van der Waals surface area contributed by atoms with Crippen molar-refractivity contribution in [2.75, 3.05) is 6.61 Å². The predicted molar refractivity (Wildman–Crippen MR) is 81.0 cm³/mol. The summed E-state index contributed by atoms with van der Waals surface area (Å²) in [7, 11) is -1.22. The van der Waals surface area contributed by atoms with Crippen LogP contribution < -0.4 is 4.74 Å². The monoisotopic (exact) mass is 333 g/mol. The van der Waals surface area contributed by atoms with Gasteiger partial charge in [0.15, 0.2) is 11.0 Å². The third-order valence-electron chi connectivity index (χ3n) is 2.67. The number of rotatable bonds is 4. The Kier molecular flexibility index (Phi) is 4.46. The van der Waals surface area contributed by atoms with E-state index in [9.17, 15) is 4.39 Å². The smallest absolute Gasteiger partial charge is 0.227 e. The van der Waals surface area contributed by atoms with Gasteiger partial charge in [-0.25, -0.2) is 14.4 Å². The Morgan fingerprint density at radius 1 is 1.25 bits per heavy atom. The highest BCUT2D eigenvalue weighted by Crippen LogP contribution is 2.28. The Bertz CT molecular complexity index is 649. The third-order valence-corrected chi connectivity index (χ3v) is 4.81. The van der Waals surface area contributed by atoms with E-state index in [2.05, 4.69) is 34.6 Å². The van der Waals surface area contributed by atoms with Crippen LogP contribution in [0.3, 0.4) is 0 Å². The van der Waals surface area contributed by atoms with Crippen LogP contribution >= 0.6 is 23.2 Å². The van der Waals surface area contributed by atoms with Gasteiger partial charge < -0.3 is 4.74 Å². The van der Waals surface area contributed by atoms with Gasteiger partial charge in [0.05, 0.1) is 12.0 Å². The molecule has 2 aromatic heterocycles. The summed E-state index contributed by atoms with van der Waals surface area (Å²) >= 11 is 11.4. The average Bonchev–Trinajstić information content (AvgIpc) is 2.32. The first-order valence-electron chi connectivity index (χ1n) is 6.08. The highest BCUT2D eigenvalue weighted by molar-refractivity contribution is 6.76. The van der Waals surface area contributed by atoms with Crippen molar-refractivity contribution in [3.63, 3.8) is 0 Å². The molecular formula is C12H14Cl2FN3OSi. The van der Waals surface area contributed by atoms with Crippen molar-refractivity contribution in [2.24, 2.45) is 0 Å². The lowest BCUT2D eigenvalue weighted by molar-refractivity contribution is 0.329. The van der Waals surface area contributed by atoms with Crippen LogP contribution in [0.4, 0.5) is 4.39 Å². The van der Waals surface area contributed by atoms with Crippen LogP contribution in [-0.4, -0.2) is 29.6 Å². The first kappa shape index (κ1) is 15.4. The molecule has 2 rings (SSSR count). The van der Waals surface area contributed by atoms with Crippen molar-refractivity contribution < 1.29 is 9.13 Å². The summed E-state index contributed by atoms with van der Waals surface area (Å²) in [5.41, 5.74) is 0.0213. The molecule has 0 radical (unpaired) electrons. The minimum absolute atomic E-state index is 0.0213. The second-order valence-electron chi connectivity index (χ2n) is 5.58. The maximum atomic E-state index is 13.9. The molecule has 0 unspecified atom stereocenters. The Labute approximate surface area is 127 Å². The van der Waals surface area contributed by atoms with Crippen LogP contribution in [-0.2, 0) is 0 Å². The number of aromatic nitrogens is 3. The van der Waals surface area contributed by atoms with Gasteiger partial charge in [-0.15, -0.1) is 0 Å². The third kappa shape index (κ3) is 3.56. The number of halogens is 3. The van der Waals surface area contributed by atoms with Gasteiger partial charge in [0.25, 0.3) is 0 Å². The molecule has 0 amide bonds. The minimum Gasteiger partial charge on any atom is -0.477 e. The summed E-state index contributed by atoms with van der Waals surface area (Å²) in [5.74, 6) is -0.482. The molecule has 2 heterocycles. The highest BCUT2D eigenvalue weighted by atomic mass is 35.5. The van der Waals surface area contributed by atoms with Gasteiger partial charge in [-0.1, -0.05) is 31.2 Å². The standard InChI is InChI=1S/C12H14Cl2FN3OSi/c1-20(2,3)5-4-19-11-7-6-16-10(13)8(15)9(7)17-12(14)18-11/h6H,4-5H2,1-3H3. The summed E-state index contributed by atoms with van der Waals surface area (Å²) in [6.45, 7) is 7.22. The Balaban J connectivity index is 2.36. The van der Waals surface area contributed by atoms with Gasteiger partial charge >= 0.3 is 0 Å². The minimum atomic E-state index is -1.22. The summed E-state index contributed by atoms with van der Waals surface area (Å²) in [6.07, 6.45) is 1.39. The van der Waals surface area contributed by atoms with Gasteiger partial charge in [-0.2, -0.15) is 4.98 Å². The maximum absolute atomic E-state index is 13.9. The van der Waals surface area contributed by atoms with Crippen molar-refractivity contribution >= 4 is 42.2 Å². The number of ether oxygens (including phenoxy) is 1. The lowest BCUT2D eigenvalue weighted by Crippen LogP contribution is -2.22. The van der Waals surface area contributed by atoms with Gasteiger partial charge in [0, 0.05) is 14.3 Å². The van der Waals surface area contributed by atoms with Crippen molar-refractivity contribution in [2.45, 2.75) is 25.7 Å². The molecule has 0 saturated heterocycles. The van der Waals surface area contributed by atoms with Crippen molar-refractivity contribution in [3.8, 4) is 5.88 Å². The normalized spacial score (nSPS) is 11.9. The predicted octanol–water partition coefficient (Wildman–Crippen LogP) is 4.19. The van der Waals surface area contributed by atoms with E-state index >= 15 is 0 Å². The van der Waals surface area contributed by atoms with Crippen molar-refractivity contribution in [1.29, 1.82) is 0 Å². The highest BCUT2D eigenvalue weighted by Gasteiger charge is 2.17. The molecule has 20 heavy (non-hydrogen) atoms. The van der Waals surface area contributed by atoms with Crippen LogP contribution in [0.2, 0.25) is 36.1 Å². The quantitative estimate of drug-likeness (QED) is 0.478. The molecule has 0 spiro atoms. The SMILES string of the molecule is C[Si](C)(C)CCOc1nc(Cl)nc2c(F)c(Cl)ncc12. The molecule has 0 N–H and O–H groups in total. The van der Waals surface area contributed by atoms with E-state index in [1.54, 1.807) is 0 Å². The van der Waals surface area contributed by atoms with Crippen LogP contribution in [0, 0.1) is 5.82 Å². The topological polar surface area (TPSA) is 47.9 Å². The van der Waals surface area contributed by atoms with Crippen LogP contribution in [0.1, 0.15) is 0 Å². The molecule has 8 heteroatoms. The molecule has 0 bridgehead atoms. The lowest BCUT2D eigenvalue weighted by atomic mass is 10.3. The summed E-state index contributed by atoms with van der Waals surface area (Å²) in [5, 5.41) is 0.0360. The van der Waals surface area contributed by atoms with Gasteiger partial charge in [-0.05, 0) is 17.6 Å². The Morgan fingerprint density at radius 3 is 2.60 bits per heavy atom. The number of hydrogen-bond acceptors (Lipinski definition) is 4. The van der Waals surface area contributed by atoms with Crippen LogP contribution in [0.25, 0.3) is 10.9 Å². The average molecular weight is 334 g/mol. The molecule has 0 aliphatic carbocycles. The number of pyridine rings is 1. The summed E-state index contributed by atoms with van der Waals surface area (Å²) in [4.78, 5) is 11.6. The van der Waals surface area contributed by atoms with E-state index in [0.29, 0.717) is 12.0 Å². The van der Waals surface area contributed by atoms with E-state index in [1.807, 2.05) is 0 Å². The maximum Gasteiger partial charge on any atom is 0.227 e. The van der Waals surface area contributed by atoms with Gasteiger partial charge in [0.1, 0.15) is 5.52 Å². The molecule has 4 nitrogen and oxygen atoms in total. The van der Waals surface area contributed by atoms with Crippen molar-refractivity contribution in [3.05, 3.63) is 22.5 Å². The molecule has 0 atom stereocenters. The summed E-state index contributed by atoms with van der Waals surface area (Å²) < 4.78 is 19.5. The second-order valence-corrected chi connectivity index (χ2v) is 11.9. The first-order valence-corrected chi connectivity index (χ1v) is 10.5. The Hall–Kier alpha value is -0.983. The molecule has 0 saturated carbocycles. The Morgan fingerprint density at radius 2 is 1.95 bits per heavy atom. The molecule has 2 aromatic rings. The van der Waals surface area contributed by atoms with Crippen LogP contribution in [0.15, 0.2) is 6.20 Å². The fourth-order valence-electron chi connectivity index (χ4n) is 1.55. The van der Waals surface area contributed by atoms with E-state index in [4.69, 9.17) is 27.9 Å². The van der Waals surface area contributed by atoms with E-state index in [0.717, 1.165) is 6.04 Å². The van der Waals surface area contributed by atoms with Crippen molar-refractivity contribution in [1.82, 2.24) is 15.0 Å². The largest absolute Gasteiger partial charge is 0.477 e. The van der Waals surface area contributed by atoms with E-state index in [-0.39, 0.29) is 21.8 Å². The zero-order valence-electron chi connectivity index (χ0n) is 11.4. The number of fused-ring (bicyclic) bond motifs is 1. The second kappa shape index (κ2) is 5.79. The molecule has 108 valence electrons. The van der Waals surface area contributed by atoms with Crippen LogP contribution in [0.5, 0.6) is 5.88 Å².